The number of benzene rings is 2. The first-order valence-electron chi connectivity index (χ1n) is 14.0. The smallest absolute Gasteiger partial charge is 0.390 e. The maximum Gasteiger partial charge on any atom is 0.430 e. The molecule has 3 amide bonds. The minimum atomic E-state index is -5.97. The summed E-state index contributed by atoms with van der Waals surface area (Å²) in [6.45, 7) is 3.05. The van der Waals surface area contributed by atoms with E-state index in [4.69, 9.17) is 0 Å². The zero-order chi connectivity index (χ0) is 32.5. The van der Waals surface area contributed by atoms with Crippen LogP contribution in [0.25, 0.3) is 0 Å². The first-order chi connectivity index (χ1) is 20.4. The van der Waals surface area contributed by atoms with Gasteiger partial charge in [-0.3, -0.25) is 9.69 Å². The number of urea groups is 1. The lowest BCUT2D eigenvalue weighted by Crippen LogP contribution is -2.53. The van der Waals surface area contributed by atoms with Crippen molar-refractivity contribution in [1.82, 2.24) is 15.1 Å². The molecule has 0 spiro atoms. The third kappa shape index (κ3) is 7.44. The standard InChI is InChI=1S/C29H33F7N4O4/c1-26(43)10-8-21(9-11-26)37-25(42)38-23-7-4-19(16-22(23)30)24(41)40-14-12-39(13-15-40)17-18-2-5-20(6-3-18)27(44,28(31,32)33)29(34,35)36/h2-7,16,21,43-44H,8-15,17H2,1H3,(H2,37,38,42)/t21-,26-. The second-order valence-electron chi connectivity index (χ2n) is 11.5. The van der Waals surface area contributed by atoms with Gasteiger partial charge in [-0.1, -0.05) is 24.3 Å². The average Bonchev–Trinajstić information content (AvgIpc) is 2.94. The number of amides is 3. The number of piperazine rings is 1. The molecule has 44 heavy (non-hydrogen) atoms. The molecule has 2 fully saturated rings. The maximum absolute atomic E-state index is 14.8. The number of anilines is 1. The van der Waals surface area contributed by atoms with E-state index in [2.05, 4.69) is 10.6 Å². The van der Waals surface area contributed by atoms with Crippen molar-refractivity contribution in [3.05, 3.63) is 65.0 Å². The van der Waals surface area contributed by atoms with Gasteiger partial charge in [0, 0.05) is 49.9 Å². The molecule has 0 unspecified atom stereocenters. The fraction of sp³-hybridized carbons (Fsp3) is 0.517. The number of hydrogen-bond donors (Lipinski definition) is 4. The Kier molecular flexibility index (Phi) is 9.52. The molecule has 1 aliphatic carbocycles. The number of rotatable bonds is 6. The second kappa shape index (κ2) is 12.5. The average molecular weight is 635 g/mol. The van der Waals surface area contributed by atoms with E-state index in [-0.39, 0.29) is 36.9 Å². The monoisotopic (exact) mass is 634 g/mol. The van der Waals surface area contributed by atoms with Gasteiger partial charge in [0.1, 0.15) is 5.82 Å². The van der Waals surface area contributed by atoms with Crippen molar-refractivity contribution < 1.29 is 50.5 Å². The Morgan fingerprint density at radius 3 is 2.02 bits per heavy atom. The van der Waals surface area contributed by atoms with Gasteiger partial charge >= 0.3 is 18.4 Å². The summed E-state index contributed by atoms with van der Waals surface area (Å²) in [4.78, 5) is 28.6. The summed E-state index contributed by atoms with van der Waals surface area (Å²) in [6, 6.07) is 6.27. The molecule has 0 bridgehead atoms. The Bertz CT molecular complexity index is 1320. The minimum absolute atomic E-state index is 0.0637. The summed E-state index contributed by atoms with van der Waals surface area (Å²) in [5.74, 6) is -1.25. The summed E-state index contributed by atoms with van der Waals surface area (Å²) in [5, 5.41) is 24.8. The van der Waals surface area contributed by atoms with E-state index >= 15 is 0 Å². The van der Waals surface area contributed by atoms with E-state index in [0.717, 1.165) is 18.2 Å². The molecular formula is C29H33F7N4O4. The fourth-order valence-corrected chi connectivity index (χ4v) is 5.37. The number of alkyl halides is 6. The van der Waals surface area contributed by atoms with E-state index in [1.807, 2.05) is 4.90 Å². The van der Waals surface area contributed by atoms with Crippen molar-refractivity contribution in [2.45, 2.75) is 68.7 Å². The number of halogens is 7. The summed E-state index contributed by atoms with van der Waals surface area (Å²) in [7, 11) is 0. The Morgan fingerprint density at radius 1 is 0.932 bits per heavy atom. The number of aliphatic hydroxyl groups is 2. The van der Waals surface area contributed by atoms with Gasteiger partial charge in [-0.15, -0.1) is 0 Å². The normalized spacial score (nSPS) is 22.0. The first kappa shape index (κ1) is 33.5. The quantitative estimate of drug-likeness (QED) is 0.338. The van der Waals surface area contributed by atoms with Crippen molar-refractivity contribution in [3.63, 3.8) is 0 Å². The predicted molar refractivity (Wildman–Crippen MR) is 145 cm³/mol. The molecule has 1 saturated heterocycles. The highest BCUT2D eigenvalue weighted by Gasteiger charge is 2.71. The van der Waals surface area contributed by atoms with Gasteiger partial charge in [0.05, 0.1) is 11.3 Å². The number of hydrogen-bond acceptors (Lipinski definition) is 5. The molecule has 2 aromatic carbocycles. The highest BCUT2D eigenvalue weighted by atomic mass is 19.4. The largest absolute Gasteiger partial charge is 0.430 e. The lowest BCUT2D eigenvalue weighted by atomic mass is 9.84. The van der Waals surface area contributed by atoms with Gasteiger partial charge in [-0.05, 0) is 56.4 Å². The Hall–Kier alpha value is -3.43. The topological polar surface area (TPSA) is 105 Å². The summed E-state index contributed by atoms with van der Waals surface area (Å²) >= 11 is 0. The van der Waals surface area contributed by atoms with Crippen LogP contribution in [-0.4, -0.2) is 82.1 Å². The van der Waals surface area contributed by atoms with Gasteiger partial charge in [-0.2, -0.15) is 26.3 Å². The number of nitrogens with one attached hydrogen (secondary N) is 2. The van der Waals surface area contributed by atoms with E-state index < -0.39 is 46.9 Å². The molecule has 1 aliphatic heterocycles. The van der Waals surface area contributed by atoms with E-state index in [0.29, 0.717) is 56.5 Å². The van der Waals surface area contributed by atoms with Gasteiger partial charge in [0.15, 0.2) is 0 Å². The van der Waals surface area contributed by atoms with Crippen LogP contribution in [0.4, 0.5) is 41.2 Å². The van der Waals surface area contributed by atoms with Gasteiger partial charge < -0.3 is 25.7 Å². The first-order valence-corrected chi connectivity index (χ1v) is 14.0. The summed E-state index contributed by atoms with van der Waals surface area (Å²) in [5.41, 5.74) is -6.74. The Labute approximate surface area is 248 Å². The maximum atomic E-state index is 14.8. The van der Waals surface area contributed by atoms with Crippen LogP contribution in [0, 0.1) is 5.82 Å². The van der Waals surface area contributed by atoms with Crippen LogP contribution >= 0.6 is 0 Å². The minimum Gasteiger partial charge on any atom is -0.390 e. The van der Waals surface area contributed by atoms with Crippen molar-refractivity contribution in [2.24, 2.45) is 0 Å². The van der Waals surface area contributed by atoms with Gasteiger partial charge in [0.25, 0.3) is 11.5 Å². The van der Waals surface area contributed by atoms with Gasteiger partial charge in [-0.25, -0.2) is 9.18 Å². The third-order valence-electron chi connectivity index (χ3n) is 8.12. The lowest BCUT2D eigenvalue weighted by Gasteiger charge is -2.35. The molecule has 1 saturated carbocycles. The number of carbonyl (C=O) groups excluding carboxylic acids is 2. The molecule has 242 valence electrons. The Morgan fingerprint density at radius 2 is 1.50 bits per heavy atom. The molecule has 0 aromatic heterocycles. The van der Waals surface area contributed by atoms with Crippen molar-refractivity contribution in [1.29, 1.82) is 0 Å². The summed E-state index contributed by atoms with van der Waals surface area (Å²) in [6.07, 6.45) is -9.69. The molecule has 0 radical (unpaired) electrons. The van der Waals surface area contributed by atoms with Crippen LogP contribution in [0.15, 0.2) is 42.5 Å². The molecular weight excluding hydrogens is 601 g/mol. The van der Waals surface area contributed by atoms with Crippen molar-refractivity contribution in [3.8, 4) is 0 Å². The van der Waals surface area contributed by atoms with Crippen LogP contribution < -0.4 is 10.6 Å². The van der Waals surface area contributed by atoms with E-state index in [9.17, 15) is 50.5 Å². The number of nitrogens with zero attached hydrogens (tertiary/aromatic N) is 2. The van der Waals surface area contributed by atoms with Crippen LogP contribution in [0.3, 0.4) is 0 Å². The molecule has 4 N–H and O–H groups in total. The molecule has 4 rings (SSSR count). The molecule has 1 heterocycles. The SMILES string of the molecule is C[C@]1(O)CC[C@H](NC(=O)Nc2ccc(C(=O)N3CCN(Cc4ccc(C(O)(C(F)(F)F)C(F)(F)F)cc4)CC3)cc2F)CC1. The highest BCUT2D eigenvalue weighted by molar-refractivity contribution is 5.95. The fourth-order valence-electron chi connectivity index (χ4n) is 5.37. The highest BCUT2D eigenvalue weighted by Crippen LogP contribution is 2.50. The molecule has 2 aromatic rings. The van der Waals surface area contributed by atoms with E-state index in [1.54, 1.807) is 6.92 Å². The zero-order valence-corrected chi connectivity index (χ0v) is 23.7. The van der Waals surface area contributed by atoms with Gasteiger partial charge in [0.2, 0.25) is 0 Å². The van der Waals surface area contributed by atoms with Crippen molar-refractivity contribution >= 4 is 17.6 Å². The Balaban J connectivity index is 1.28. The summed E-state index contributed by atoms with van der Waals surface area (Å²) < 4.78 is 93.5. The second-order valence-corrected chi connectivity index (χ2v) is 11.5. The van der Waals surface area contributed by atoms with Crippen LogP contribution in [0.2, 0.25) is 0 Å². The van der Waals surface area contributed by atoms with Crippen LogP contribution in [0.5, 0.6) is 0 Å². The molecule has 2 aliphatic rings. The number of carbonyl (C=O) groups is 2. The molecule has 8 nitrogen and oxygen atoms in total. The molecule has 0 atom stereocenters. The predicted octanol–water partition coefficient (Wildman–Crippen LogP) is 4.91. The van der Waals surface area contributed by atoms with Crippen LogP contribution in [0.1, 0.15) is 54.1 Å². The van der Waals surface area contributed by atoms with Crippen molar-refractivity contribution in [2.75, 3.05) is 31.5 Å². The van der Waals surface area contributed by atoms with Crippen LogP contribution in [-0.2, 0) is 12.1 Å². The third-order valence-corrected chi connectivity index (χ3v) is 8.12. The van der Waals surface area contributed by atoms with E-state index in [1.165, 1.54) is 17.0 Å². The molecule has 15 heteroatoms. The zero-order valence-electron chi connectivity index (χ0n) is 23.7. The lowest BCUT2D eigenvalue weighted by molar-refractivity contribution is -0.376.